The van der Waals surface area contributed by atoms with Gasteiger partial charge in [0, 0.05) is 30.6 Å². The lowest BCUT2D eigenvalue weighted by Gasteiger charge is -2.30. The lowest BCUT2D eigenvalue weighted by Crippen LogP contribution is -2.36. The molecule has 1 fully saturated rings. The molecule has 0 saturated heterocycles. The summed E-state index contributed by atoms with van der Waals surface area (Å²) in [7, 11) is -3.18. The fourth-order valence-electron chi connectivity index (χ4n) is 5.18. The van der Waals surface area contributed by atoms with Crippen molar-refractivity contribution in [2.24, 2.45) is 5.73 Å². The molecule has 39 heavy (non-hydrogen) atoms. The molecule has 3 aromatic heterocycles. The Hall–Kier alpha value is -3.31. The Balaban J connectivity index is 1.48. The third kappa shape index (κ3) is 5.17. The van der Waals surface area contributed by atoms with Crippen LogP contribution < -0.4 is 15.8 Å². The van der Waals surface area contributed by atoms with Gasteiger partial charge in [-0.05, 0) is 76.6 Å². The number of nitrogens with zero attached hydrogens (tertiary/aromatic N) is 3. The van der Waals surface area contributed by atoms with Crippen LogP contribution in [0, 0.1) is 0 Å². The van der Waals surface area contributed by atoms with Crippen molar-refractivity contribution in [2.75, 3.05) is 11.6 Å². The summed E-state index contributed by atoms with van der Waals surface area (Å²) in [6.45, 7) is 9.21. The van der Waals surface area contributed by atoms with Gasteiger partial charge in [0.05, 0.1) is 33.4 Å². The monoisotopic (exact) mass is 553 g/mol. The van der Waals surface area contributed by atoms with E-state index in [1.807, 2.05) is 33.8 Å². The minimum absolute atomic E-state index is 0.206. The van der Waals surface area contributed by atoms with E-state index in [0.29, 0.717) is 34.9 Å². The van der Waals surface area contributed by atoms with E-state index in [1.165, 1.54) is 6.26 Å². The van der Waals surface area contributed by atoms with Gasteiger partial charge in [0.15, 0.2) is 0 Å². The van der Waals surface area contributed by atoms with Crippen molar-refractivity contribution >= 4 is 38.2 Å². The van der Waals surface area contributed by atoms with Gasteiger partial charge in [0.2, 0.25) is 5.88 Å². The third-order valence-corrected chi connectivity index (χ3v) is 9.49. The number of nitrogens with one attached hydrogen (secondary N) is 1. The van der Waals surface area contributed by atoms with E-state index in [0.717, 1.165) is 29.5 Å². The maximum Gasteiger partial charge on any atom is 0.340 e. The van der Waals surface area contributed by atoms with Crippen molar-refractivity contribution in [3.8, 4) is 5.88 Å². The summed E-state index contributed by atoms with van der Waals surface area (Å²) < 4.78 is 35.4. The highest BCUT2D eigenvalue weighted by Gasteiger charge is 2.56. The van der Waals surface area contributed by atoms with Crippen molar-refractivity contribution in [3.63, 3.8) is 0 Å². The summed E-state index contributed by atoms with van der Waals surface area (Å²) in [5.41, 5.74) is 7.67. The van der Waals surface area contributed by atoms with E-state index in [-0.39, 0.29) is 23.6 Å². The van der Waals surface area contributed by atoms with Gasteiger partial charge in [-0.1, -0.05) is 0 Å². The molecule has 3 atom stereocenters. The van der Waals surface area contributed by atoms with Crippen molar-refractivity contribution in [2.45, 2.75) is 82.3 Å². The molecule has 11 heteroatoms. The molecule has 0 unspecified atom stereocenters. The van der Waals surface area contributed by atoms with Crippen LogP contribution in [0.5, 0.6) is 5.88 Å². The molecule has 0 amide bonds. The summed E-state index contributed by atoms with van der Waals surface area (Å²) in [6.07, 6.45) is 6.19. The quantitative estimate of drug-likeness (QED) is 0.390. The highest BCUT2D eigenvalue weighted by Crippen LogP contribution is 2.54. The zero-order valence-electron chi connectivity index (χ0n) is 23.1. The maximum absolute atomic E-state index is 12.4. The molecular weight excluding hydrogens is 518 g/mol. The van der Waals surface area contributed by atoms with Gasteiger partial charge in [-0.3, -0.25) is 0 Å². The molecule has 3 N–H and O–H groups in total. The SMILES string of the molecule is C[C@H](C[C@@H](C)S(C)(=O)=O)Oc1ncc(C(C)(C)N)c2cc(Nc3ccc4c(n3)C3(CC3)[C@@H](C)OC4=O)ncc12. The van der Waals surface area contributed by atoms with Gasteiger partial charge in [0.1, 0.15) is 27.6 Å². The maximum atomic E-state index is 12.4. The van der Waals surface area contributed by atoms with Crippen LogP contribution in [0.25, 0.3) is 10.8 Å². The number of rotatable bonds is 8. The molecule has 4 heterocycles. The Morgan fingerprint density at radius 3 is 2.54 bits per heavy atom. The van der Waals surface area contributed by atoms with Gasteiger partial charge in [-0.25, -0.2) is 28.2 Å². The van der Waals surface area contributed by atoms with Crippen LogP contribution in [0.2, 0.25) is 0 Å². The summed E-state index contributed by atoms with van der Waals surface area (Å²) in [4.78, 5) is 26.3. The zero-order chi connectivity index (χ0) is 28.3. The van der Waals surface area contributed by atoms with Crippen LogP contribution >= 0.6 is 0 Å². The third-order valence-electron chi connectivity index (χ3n) is 7.83. The second-order valence-electron chi connectivity index (χ2n) is 11.5. The Kier molecular flexibility index (Phi) is 6.58. The van der Waals surface area contributed by atoms with Crippen LogP contribution in [-0.4, -0.2) is 53.1 Å². The number of hydrogen-bond donors (Lipinski definition) is 2. The molecule has 0 aromatic carbocycles. The van der Waals surface area contributed by atoms with Crippen LogP contribution in [0.3, 0.4) is 0 Å². The number of aromatic nitrogens is 3. The number of fused-ring (bicyclic) bond motifs is 3. The van der Waals surface area contributed by atoms with E-state index in [9.17, 15) is 13.2 Å². The predicted molar refractivity (Wildman–Crippen MR) is 149 cm³/mol. The summed E-state index contributed by atoms with van der Waals surface area (Å²) >= 11 is 0. The molecule has 10 nitrogen and oxygen atoms in total. The molecule has 0 radical (unpaired) electrons. The number of cyclic esters (lactones) is 1. The molecule has 3 aromatic rings. The number of carbonyl (C=O) groups excluding carboxylic acids is 1. The topological polar surface area (TPSA) is 146 Å². The van der Waals surface area contributed by atoms with Gasteiger partial charge in [-0.2, -0.15) is 0 Å². The van der Waals surface area contributed by atoms with E-state index < -0.39 is 20.6 Å². The predicted octanol–water partition coefficient (Wildman–Crippen LogP) is 4.14. The van der Waals surface area contributed by atoms with Gasteiger partial charge in [-0.15, -0.1) is 0 Å². The summed E-state index contributed by atoms with van der Waals surface area (Å²) in [5.74, 6) is 1.15. The number of ether oxygens (including phenoxy) is 2. The fraction of sp³-hybridized carbons (Fsp3) is 0.500. The number of pyridine rings is 3. The second-order valence-corrected chi connectivity index (χ2v) is 14.0. The smallest absolute Gasteiger partial charge is 0.340 e. The van der Waals surface area contributed by atoms with E-state index in [4.69, 9.17) is 20.2 Å². The number of hydrogen-bond acceptors (Lipinski definition) is 10. The number of carbonyl (C=O) groups is 1. The van der Waals surface area contributed by atoms with Crippen LogP contribution in [0.1, 0.15) is 75.5 Å². The fourth-order valence-corrected chi connectivity index (χ4v) is 5.80. The van der Waals surface area contributed by atoms with Gasteiger partial charge in [0.25, 0.3) is 0 Å². The summed E-state index contributed by atoms with van der Waals surface area (Å²) in [5, 5.41) is 4.21. The van der Waals surface area contributed by atoms with Crippen molar-refractivity contribution < 1.29 is 22.7 Å². The molecule has 0 bridgehead atoms. The number of esters is 1. The average molecular weight is 554 g/mol. The number of anilines is 2. The van der Waals surface area contributed by atoms with Gasteiger partial charge >= 0.3 is 5.97 Å². The first kappa shape index (κ1) is 27.3. The highest BCUT2D eigenvalue weighted by atomic mass is 32.2. The molecule has 1 aliphatic carbocycles. The molecule has 1 saturated carbocycles. The molecule has 5 rings (SSSR count). The van der Waals surface area contributed by atoms with E-state index in [1.54, 1.807) is 31.5 Å². The Labute approximate surface area is 228 Å². The van der Waals surface area contributed by atoms with Crippen molar-refractivity contribution in [3.05, 3.63) is 47.4 Å². The first-order chi connectivity index (χ1) is 18.2. The Morgan fingerprint density at radius 2 is 1.90 bits per heavy atom. The molecule has 2 aliphatic rings. The zero-order valence-corrected chi connectivity index (χ0v) is 23.9. The Morgan fingerprint density at radius 1 is 1.18 bits per heavy atom. The lowest BCUT2D eigenvalue weighted by molar-refractivity contribution is 0.0183. The Bertz CT molecular complexity index is 1560. The largest absolute Gasteiger partial charge is 0.474 e. The van der Waals surface area contributed by atoms with Crippen molar-refractivity contribution in [1.29, 1.82) is 0 Å². The highest BCUT2D eigenvalue weighted by molar-refractivity contribution is 7.91. The molecule has 208 valence electrons. The van der Waals surface area contributed by atoms with Crippen molar-refractivity contribution in [1.82, 2.24) is 15.0 Å². The van der Waals surface area contributed by atoms with E-state index in [2.05, 4.69) is 15.3 Å². The second kappa shape index (κ2) is 9.41. The number of nitrogens with two attached hydrogens (primary N) is 1. The van der Waals surface area contributed by atoms with Crippen LogP contribution in [0.4, 0.5) is 11.6 Å². The van der Waals surface area contributed by atoms with Crippen LogP contribution in [-0.2, 0) is 25.5 Å². The van der Waals surface area contributed by atoms with Gasteiger partial charge < -0.3 is 20.5 Å². The molecule has 1 spiro atoms. The first-order valence-corrected chi connectivity index (χ1v) is 15.1. The first-order valence-electron chi connectivity index (χ1n) is 13.1. The minimum Gasteiger partial charge on any atom is -0.474 e. The normalized spacial score (nSPS) is 19.8. The standard InChI is InChI=1S/C28H35N5O5S/c1-15(11-16(2)39(6,35)36)37-25-20-13-30-23(12-19(20)21(14-31-25)27(4,5)29)32-22-8-7-18-24(33-22)28(9-10-28)17(3)38-26(18)34/h7-8,12-17H,9-11,29H2,1-6H3,(H,30,32,33)/t15-,16-,17-/m1/s1. The number of sulfone groups is 1. The summed E-state index contributed by atoms with van der Waals surface area (Å²) in [6, 6.07) is 5.38. The van der Waals surface area contributed by atoms with Crippen LogP contribution in [0.15, 0.2) is 30.6 Å². The molecular formula is C28H35N5O5S. The molecule has 1 aliphatic heterocycles. The lowest BCUT2D eigenvalue weighted by atomic mass is 9.89. The minimum atomic E-state index is -3.18. The average Bonchev–Trinajstić information content (AvgIpc) is 3.63. The van der Waals surface area contributed by atoms with E-state index >= 15 is 0 Å².